The first-order valence-electron chi connectivity index (χ1n) is 20.7. The molecule has 2 aromatic heterocycles. The van der Waals surface area contributed by atoms with Crippen LogP contribution >= 0.6 is 22.7 Å². The van der Waals surface area contributed by atoms with E-state index >= 15 is 0 Å². The zero-order valence-corrected chi connectivity index (χ0v) is 37.6. The summed E-state index contributed by atoms with van der Waals surface area (Å²) < 4.78 is 7.38. The number of likely N-dealkylation sites (N-methyl/N-ethyl adjacent to an activating group) is 1. The van der Waals surface area contributed by atoms with Crippen LogP contribution < -0.4 is 37.6 Å². The van der Waals surface area contributed by atoms with Crippen LogP contribution in [0.4, 0.5) is 25.2 Å². The molecular formula is C42H53N11O9S2. The lowest BCUT2D eigenvalue weighted by Crippen LogP contribution is -2.54. The number of amides is 10. The predicted molar refractivity (Wildman–Crippen MR) is 242 cm³/mol. The Balaban J connectivity index is 1.04. The Bertz CT molecular complexity index is 2360. The van der Waals surface area contributed by atoms with Crippen molar-refractivity contribution in [2.45, 2.75) is 78.0 Å². The molecule has 20 nitrogen and oxygen atoms in total. The fourth-order valence-electron chi connectivity index (χ4n) is 6.49. The number of benzene rings is 2. The van der Waals surface area contributed by atoms with Crippen molar-refractivity contribution in [3.8, 4) is 0 Å². The number of hydrogen-bond acceptors (Lipinski definition) is 13. The molecule has 342 valence electrons. The maximum Gasteiger partial charge on any atom is 0.409 e. The molecule has 5 rings (SSSR count). The molecule has 0 saturated carbocycles. The number of aromatic nitrogens is 2. The van der Waals surface area contributed by atoms with Crippen molar-refractivity contribution in [3.63, 3.8) is 0 Å². The quantitative estimate of drug-likeness (QED) is 0.0435. The zero-order valence-electron chi connectivity index (χ0n) is 36.0. The van der Waals surface area contributed by atoms with Crippen molar-refractivity contribution in [1.29, 1.82) is 0 Å². The van der Waals surface area contributed by atoms with Crippen LogP contribution in [-0.2, 0) is 35.3 Å². The summed E-state index contributed by atoms with van der Waals surface area (Å²) in [6, 6.07) is 7.21. The molecule has 1 aliphatic heterocycles. The summed E-state index contributed by atoms with van der Waals surface area (Å²) in [4.78, 5) is 111. The lowest BCUT2D eigenvalue weighted by molar-refractivity contribution is -0.137. The van der Waals surface area contributed by atoms with Crippen LogP contribution in [0.2, 0.25) is 0 Å². The van der Waals surface area contributed by atoms with Crippen LogP contribution in [0.15, 0.2) is 48.6 Å². The first-order chi connectivity index (χ1) is 30.6. The number of nitrogens with two attached hydrogens (primary N) is 1. The molecule has 0 spiro atoms. The first-order valence-corrected chi connectivity index (χ1v) is 22.4. The largest absolute Gasteiger partial charge is 0.445 e. The molecule has 4 aromatic rings. The topological polar surface area (TPSA) is 276 Å². The van der Waals surface area contributed by atoms with Gasteiger partial charge in [-0.1, -0.05) is 43.7 Å². The molecule has 0 aliphatic carbocycles. The number of nitrogens with one attached hydrogen (secondary N) is 6. The maximum atomic E-state index is 13.5. The van der Waals surface area contributed by atoms with E-state index in [2.05, 4.69) is 41.9 Å². The molecule has 1 unspecified atom stereocenters. The molecule has 3 heterocycles. The number of carbonyl (C=O) groups is 8. The Kier molecular flexibility index (Phi) is 17.5. The van der Waals surface area contributed by atoms with E-state index in [-0.39, 0.29) is 69.3 Å². The van der Waals surface area contributed by atoms with Crippen LogP contribution in [0.1, 0.15) is 62.9 Å². The van der Waals surface area contributed by atoms with Crippen LogP contribution in [0, 0.1) is 12.8 Å². The molecule has 10 amide bonds. The van der Waals surface area contributed by atoms with Gasteiger partial charge < -0.3 is 42.0 Å². The lowest BCUT2D eigenvalue weighted by atomic mass is 10.0. The minimum atomic E-state index is -1.05. The van der Waals surface area contributed by atoms with E-state index in [9.17, 15) is 38.4 Å². The third kappa shape index (κ3) is 14.2. The van der Waals surface area contributed by atoms with Gasteiger partial charge in [-0.15, -0.1) is 11.3 Å². The number of rotatable bonds is 22. The van der Waals surface area contributed by atoms with Gasteiger partial charge in [0, 0.05) is 57.5 Å². The number of imide groups is 1. The van der Waals surface area contributed by atoms with Crippen molar-refractivity contribution in [2.75, 3.05) is 43.9 Å². The second kappa shape index (κ2) is 23.1. The van der Waals surface area contributed by atoms with Gasteiger partial charge in [0.05, 0.1) is 19.9 Å². The van der Waals surface area contributed by atoms with Gasteiger partial charge in [-0.05, 0) is 68.4 Å². The number of fused-ring (bicyclic) bond motifs is 3. The van der Waals surface area contributed by atoms with Crippen molar-refractivity contribution < 1.29 is 43.1 Å². The molecule has 64 heavy (non-hydrogen) atoms. The Morgan fingerprint density at radius 2 is 1.58 bits per heavy atom. The predicted octanol–water partition coefficient (Wildman–Crippen LogP) is 4.10. The maximum absolute atomic E-state index is 13.5. The SMILES string of the molecule is Cc1nc2c(ccc3nc(NC(=O)NCCN(C)C(=O)OCc4ccc(NC(=O)[C@H](CCCNC(N)=O)NC(=O)C(NC(=O)CCCCCN5C(=O)C=CC5=O)C(C)C)cc4)sc32)s1. The minimum absolute atomic E-state index is 0.0686. The van der Waals surface area contributed by atoms with E-state index in [4.69, 9.17) is 10.5 Å². The summed E-state index contributed by atoms with van der Waals surface area (Å²) in [5, 5.41) is 17.6. The van der Waals surface area contributed by atoms with Gasteiger partial charge in [0.2, 0.25) is 17.7 Å². The van der Waals surface area contributed by atoms with Crippen LogP contribution in [0.3, 0.4) is 0 Å². The summed E-state index contributed by atoms with van der Waals surface area (Å²) in [6.07, 6.45) is 3.97. The highest BCUT2D eigenvalue weighted by Gasteiger charge is 2.29. The van der Waals surface area contributed by atoms with E-state index in [0.717, 1.165) is 30.3 Å². The number of unbranched alkanes of at least 4 members (excludes halogenated alkanes) is 2. The van der Waals surface area contributed by atoms with Gasteiger partial charge >= 0.3 is 18.2 Å². The van der Waals surface area contributed by atoms with Gasteiger partial charge in [-0.2, -0.15) is 0 Å². The number of thiazole rings is 2. The van der Waals surface area contributed by atoms with Crippen LogP contribution in [-0.4, -0.2) is 113 Å². The molecule has 1 aliphatic rings. The molecule has 8 N–H and O–H groups in total. The van der Waals surface area contributed by atoms with E-state index in [1.807, 2.05) is 19.1 Å². The summed E-state index contributed by atoms with van der Waals surface area (Å²) in [7, 11) is 1.54. The highest BCUT2D eigenvalue weighted by Crippen LogP contribution is 2.34. The summed E-state index contributed by atoms with van der Waals surface area (Å²) in [5.74, 6) is -2.51. The van der Waals surface area contributed by atoms with Crippen molar-refractivity contribution in [1.82, 2.24) is 41.0 Å². The van der Waals surface area contributed by atoms with Crippen molar-refractivity contribution in [3.05, 3.63) is 59.1 Å². The standard InChI is InChI=1S/C42H53N11O9S2/c1-24(2)34(50-31(54)10-6-5-7-21-53-32(55)17-18-33(53)56)38(58)48-29(9-8-19-44-39(43)59)37(57)47-27-13-11-26(12-14-27)23-62-42(61)52(4)22-20-45-40(60)51-41-49-28-15-16-30-35(36(28)64-41)46-25(3)63-30/h11-18,24,29,34H,5-10,19-23H2,1-4H3,(H,47,57)(H,48,58)(H,50,54)(H3,43,44,59)(H2,45,49,51,60)/t29-,34?/m0/s1. The number of nitrogens with zero attached hydrogens (tertiary/aromatic N) is 4. The average Bonchev–Trinajstić information content (AvgIpc) is 3.94. The number of carbonyl (C=O) groups excluding carboxylic acids is 8. The van der Waals surface area contributed by atoms with E-state index in [1.165, 1.54) is 28.4 Å². The van der Waals surface area contributed by atoms with Gasteiger partial charge in [0.15, 0.2) is 5.13 Å². The van der Waals surface area contributed by atoms with E-state index in [0.29, 0.717) is 42.1 Å². The van der Waals surface area contributed by atoms with Crippen LogP contribution in [0.25, 0.3) is 20.4 Å². The number of primary amides is 1. The molecular weight excluding hydrogens is 867 g/mol. The zero-order chi connectivity index (χ0) is 46.3. The molecule has 0 fully saturated rings. The molecule has 0 radical (unpaired) electrons. The van der Waals surface area contributed by atoms with Gasteiger partial charge in [0.1, 0.15) is 24.2 Å². The highest BCUT2D eigenvalue weighted by molar-refractivity contribution is 7.24. The normalized spacial score (nSPS) is 13.2. The monoisotopic (exact) mass is 919 g/mol. The average molecular weight is 920 g/mol. The number of urea groups is 2. The second-order valence-corrected chi connectivity index (χ2v) is 17.5. The second-order valence-electron chi connectivity index (χ2n) is 15.3. The van der Waals surface area contributed by atoms with Gasteiger partial charge in [-0.25, -0.2) is 24.4 Å². The number of hydrogen-bond donors (Lipinski definition) is 7. The molecule has 22 heteroatoms. The van der Waals surface area contributed by atoms with Gasteiger partial charge in [-0.3, -0.25) is 34.2 Å². The first kappa shape index (κ1) is 48.4. The van der Waals surface area contributed by atoms with Crippen LogP contribution in [0.5, 0.6) is 0 Å². The number of aryl methyl sites for hydroxylation is 1. The van der Waals surface area contributed by atoms with E-state index < -0.39 is 42.1 Å². The summed E-state index contributed by atoms with van der Waals surface area (Å²) >= 11 is 2.93. The third-order valence-corrected chi connectivity index (χ3v) is 11.9. The fraction of sp³-hybridized carbons (Fsp3) is 0.429. The summed E-state index contributed by atoms with van der Waals surface area (Å²) in [6.45, 7) is 6.13. The Labute approximate surface area is 377 Å². The van der Waals surface area contributed by atoms with Gasteiger partial charge in [0.25, 0.3) is 11.8 Å². The third-order valence-electron chi connectivity index (χ3n) is 9.92. The minimum Gasteiger partial charge on any atom is -0.445 e. The summed E-state index contributed by atoms with van der Waals surface area (Å²) in [5.41, 5.74) is 7.81. The highest BCUT2D eigenvalue weighted by atomic mass is 32.1. The fourth-order valence-corrected chi connectivity index (χ4v) is 8.34. The number of anilines is 2. The Morgan fingerprint density at radius 1 is 0.844 bits per heavy atom. The molecule has 2 atom stereocenters. The molecule has 0 saturated heterocycles. The Hall–Kier alpha value is -6.68. The lowest BCUT2D eigenvalue weighted by Gasteiger charge is -2.25. The Morgan fingerprint density at radius 3 is 2.28 bits per heavy atom. The molecule has 2 aromatic carbocycles. The number of ether oxygens (including phenoxy) is 1. The van der Waals surface area contributed by atoms with E-state index in [1.54, 1.807) is 56.5 Å². The van der Waals surface area contributed by atoms with Crippen molar-refractivity contribution in [2.24, 2.45) is 11.7 Å². The molecule has 0 bridgehead atoms. The van der Waals surface area contributed by atoms with Crippen molar-refractivity contribution >= 4 is 102 Å². The smallest absolute Gasteiger partial charge is 0.409 e.